The molecule has 1 atom stereocenters. The van der Waals surface area contributed by atoms with Crippen LogP contribution in [0.25, 0.3) is 11.2 Å². The summed E-state index contributed by atoms with van der Waals surface area (Å²) in [5.41, 5.74) is 2.75. The van der Waals surface area contributed by atoms with Crippen molar-refractivity contribution in [3.8, 4) is 0 Å². The van der Waals surface area contributed by atoms with Crippen LogP contribution in [0, 0.1) is 5.92 Å². The third-order valence-electron chi connectivity index (χ3n) is 5.44. The average Bonchev–Trinajstić information content (AvgIpc) is 3.30. The first-order valence-electron chi connectivity index (χ1n) is 9.49. The van der Waals surface area contributed by atoms with Gasteiger partial charge in [0.25, 0.3) is 0 Å². The van der Waals surface area contributed by atoms with Crippen LogP contribution in [-0.2, 0) is 11.3 Å². The second-order valence-electron chi connectivity index (χ2n) is 7.15. The van der Waals surface area contributed by atoms with Crippen LogP contribution in [0.4, 0.5) is 0 Å². The molecule has 4 rings (SSSR count). The summed E-state index contributed by atoms with van der Waals surface area (Å²) in [6.07, 6.45) is 10.2. The number of carbonyl (C=O) groups is 1. The SMILES string of the molecule is O=C(NCCn1nc(C2CCNC2)c2nccnc21)C1CCCCC1. The van der Waals surface area contributed by atoms with Crippen LogP contribution in [-0.4, -0.2) is 45.3 Å². The van der Waals surface area contributed by atoms with Crippen LogP contribution in [0.15, 0.2) is 12.4 Å². The zero-order valence-electron chi connectivity index (χ0n) is 14.6. The minimum absolute atomic E-state index is 0.197. The molecule has 1 amide bonds. The summed E-state index contributed by atoms with van der Waals surface area (Å²) in [7, 11) is 0. The van der Waals surface area contributed by atoms with E-state index in [4.69, 9.17) is 5.10 Å². The molecule has 7 heteroatoms. The predicted molar refractivity (Wildman–Crippen MR) is 95.1 cm³/mol. The molecule has 2 aromatic rings. The highest BCUT2D eigenvalue weighted by molar-refractivity contribution is 5.78. The van der Waals surface area contributed by atoms with Crippen molar-refractivity contribution in [1.29, 1.82) is 0 Å². The molecule has 0 aromatic carbocycles. The summed E-state index contributed by atoms with van der Waals surface area (Å²) in [6, 6.07) is 0. The van der Waals surface area contributed by atoms with E-state index in [2.05, 4.69) is 20.6 Å². The Morgan fingerprint density at radius 1 is 1.20 bits per heavy atom. The molecule has 3 heterocycles. The zero-order chi connectivity index (χ0) is 17.1. The van der Waals surface area contributed by atoms with Crippen molar-refractivity contribution in [2.45, 2.75) is 51.0 Å². The summed E-state index contributed by atoms with van der Waals surface area (Å²) >= 11 is 0. The maximum atomic E-state index is 12.3. The molecule has 0 bridgehead atoms. The number of hydrogen-bond acceptors (Lipinski definition) is 5. The van der Waals surface area contributed by atoms with Gasteiger partial charge in [-0.25, -0.2) is 14.6 Å². The molecule has 1 unspecified atom stereocenters. The molecule has 25 heavy (non-hydrogen) atoms. The van der Waals surface area contributed by atoms with Gasteiger partial charge in [0.15, 0.2) is 5.65 Å². The largest absolute Gasteiger partial charge is 0.354 e. The number of hydrogen-bond donors (Lipinski definition) is 2. The van der Waals surface area contributed by atoms with Gasteiger partial charge < -0.3 is 10.6 Å². The van der Waals surface area contributed by atoms with E-state index < -0.39 is 0 Å². The highest BCUT2D eigenvalue weighted by Crippen LogP contribution is 2.26. The molecule has 0 radical (unpaired) electrons. The lowest BCUT2D eigenvalue weighted by atomic mass is 9.89. The van der Waals surface area contributed by atoms with Crippen LogP contribution in [0.5, 0.6) is 0 Å². The van der Waals surface area contributed by atoms with Gasteiger partial charge in [-0.15, -0.1) is 0 Å². The Labute approximate surface area is 147 Å². The van der Waals surface area contributed by atoms with Crippen LogP contribution >= 0.6 is 0 Å². The van der Waals surface area contributed by atoms with Crippen molar-refractivity contribution >= 4 is 17.1 Å². The van der Waals surface area contributed by atoms with Gasteiger partial charge in [-0.05, 0) is 25.8 Å². The van der Waals surface area contributed by atoms with Gasteiger partial charge in [0, 0.05) is 37.3 Å². The minimum Gasteiger partial charge on any atom is -0.354 e. The Bertz CT molecular complexity index is 730. The number of nitrogens with zero attached hydrogens (tertiary/aromatic N) is 4. The van der Waals surface area contributed by atoms with Crippen molar-refractivity contribution in [2.75, 3.05) is 19.6 Å². The van der Waals surface area contributed by atoms with Crippen molar-refractivity contribution < 1.29 is 4.79 Å². The van der Waals surface area contributed by atoms with E-state index in [1.165, 1.54) is 19.3 Å². The lowest BCUT2D eigenvalue weighted by Gasteiger charge is -2.20. The van der Waals surface area contributed by atoms with Crippen molar-refractivity contribution in [1.82, 2.24) is 30.4 Å². The number of aromatic nitrogens is 4. The number of rotatable bonds is 5. The Balaban J connectivity index is 1.43. The lowest BCUT2D eigenvalue weighted by molar-refractivity contribution is -0.125. The van der Waals surface area contributed by atoms with E-state index in [0.717, 1.165) is 49.2 Å². The molecule has 1 aliphatic heterocycles. The topological polar surface area (TPSA) is 84.7 Å². The Morgan fingerprint density at radius 2 is 2.04 bits per heavy atom. The fraction of sp³-hybridized carbons (Fsp3) is 0.667. The molecular weight excluding hydrogens is 316 g/mol. The Morgan fingerprint density at radius 3 is 2.84 bits per heavy atom. The van der Waals surface area contributed by atoms with E-state index in [9.17, 15) is 4.79 Å². The van der Waals surface area contributed by atoms with Crippen LogP contribution in [0.3, 0.4) is 0 Å². The third-order valence-corrected chi connectivity index (χ3v) is 5.44. The number of fused-ring (bicyclic) bond motifs is 1. The normalized spacial score (nSPS) is 21.7. The van der Waals surface area contributed by atoms with Gasteiger partial charge in [-0.3, -0.25) is 4.79 Å². The monoisotopic (exact) mass is 342 g/mol. The van der Waals surface area contributed by atoms with Gasteiger partial charge in [0.1, 0.15) is 5.52 Å². The summed E-state index contributed by atoms with van der Waals surface area (Å²) < 4.78 is 1.90. The molecule has 7 nitrogen and oxygen atoms in total. The molecule has 2 fully saturated rings. The average molecular weight is 342 g/mol. The molecule has 2 N–H and O–H groups in total. The summed E-state index contributed by atoms with van der Waals surface area (Å²) in [4.78, 5) is 21.3. The highest BCUT2D eigenvalue weighted by Gasteiger charge is 2.25. The molecule has 134 valence electrons. The molecule has 0 spiro atoms. The van der Waals surface area contributed by atoms with E-state index in [-0.39, 0.29) is 11.8 Å². The van der Waals surface area contributed by atoms with E-state index >= 15 is 0 Å². The first-order chi connectivity index (χ1) is 12.3. The summed E-state index contributed by atoms with van der Waals surface area (Å²) in [5.74, 6) is 0.794. The van der Waals surface area contributed by atoms with Gasteiger partial charge >= 0.3 is 0 Å². The van der Waals surface area contributed by atoms with Crippen LogP contribution in [0.1, 0.15) is 50.1 Å². The van der Waals surface area contributed by atoms with Crippen molar-refractivity contribution in [3.05, 3.63) is 18.1 Å². The third kappa shape index (κ3) is 3.51. The van der Waals surface area contributed by atoms with Crippen molar-refractivity contribution in [3.63, 3.8) is 0 Å². The number of nitrogens with one attached hydrogen (secondary N) is 2. The minimum atomic E-state index is 0.197. The van der Waals surface area contributed by atoms with Crippen molar-refractivity contribution in [2.24, 2.45) is 5.92 Å². The smallest absolute Gasteiger partial charge is 0.223 e. The maximum Gasteiger partial charge on any atom is 0.223 e. The first kappa shape index (κ1) is 16.4. The van der Waals surface area contributed by atoms with Gasteiger partial charge in [0.2, 0.25) is 5.91 Å². The lowest BCUT2D eigenvalue weighted by Crippen LogP contribution is -2.34. The van der Waals surface area contributed by atoms with Gasteiger partial charge in [-0.1, -0.05) is 19.3 Å². The fourth-order valence-corrected chi connectivity index (χ4v) is 4.04. The molecule has 1 saturated carbocycles. The maximum absolute atomic E-state index is 12.3. The van der Waals surface area contributed by atoms with E-state index in [0.29, 0.717) is 19.0 Å². The van der Waals surface area contributed by atoms with Crippen LogP contribution in [0.2, 0.25) is 0 Å². The Kier molecular flexibility index (Phi) is 4.92. The standard InChI is InChI=1S/C18H26N6O/c25-18(13-4-2-1-3-5-13)22-10-11-24-17-16(20-8-9-21-17)15(23-24)14-6-7-19-12-14/h8-9,13-14,19H,1-7,10-12H2,(H,22,25). The molecular formula is C18H26N6O. The fourth-order valence-electron chi connectivity index (χ4n) is 4.04. The quantitative estimate of drug-likeness (QED) is 0.862. The first-order valence-corrected chi connectivity index (χ1v) is 9.49. The molecule has 2 aliphatic rings. The highest BCUT2D eigenvalue weighted by atomic mass is 16.1. The number of amides is 1. The van der Waals surface area contributed by atoms with E-state index in [1.54, 1.807) is 12.4 Å². The van der Waals surface area contributed by atoms with Gasteiger partial charge in [-0.2, -0.15) is 5.10 Å². The van der Waals surface area contributed by atoms with Crippen LogP contribution < -0.4 is 10.6 Å². The predicted octanol–water partition coefficient (Wildman–Crippen LogP) is 1.60. The summed E-state index contributed by atoms with van der Waals surface area (Å²) in [6.45, 7) is 3.19. The second-order valence-corrected chi connectivity index (χ2v) is 7.15. The summed E-state index contributed by atoms with van der Waals surface area (Å²) in [5, 5.41) is 11.2. The molecule has 2 aromatic heterocycles. The Hall–Kier alpha value is -2.02. The second kappa shape index (κ2) is 7.47. The zero-order valence-corrected chi connectivity index (χ0v) is 14.6. The van der Waals surface area contributed by atoms with Gasteiger partial charge in [0.05, 0.1) is 12.2 Å². The number of carbonyl (C=O) groups excluding carboxylic acids is 1. The molecule has 1 saturated heterocycles. The van der Waals surface area contributed by atoms with E-state index in [1.807, 2.05) is 4.68 Å². The molecule has 1 aliphatic carbocycles.